The lowest BCUT2D eigenvalue weighted by atomic mass is 9.90. The van der Waals surface area contributed by atoms with Crippen molar-refractivity contribution in [1.29, 1.82) is 0 Å². The van der Waals surface area contributed by atoms with Crippen molar-refractivity contribution < 1.29 is 0 Å². The predicted octanol–water partition coefficient (Wildman–Crippen LogP) is 1.49. The van der Waals surface area contributed by atoms with Crippen LogP contribution in [-0.2, 0) is 5.54 Å². The Kier molecular flexibility index (Phi) is 2.28. The smallest absolute Gasteiger partial charge is 0.0548 e. The summed E-state index contributed by atoms with van der Waals surface area (Å²) in [4.78, 5) is 0. The van der Waals surface area contributed by atoms with Crippen LogP contribution in [0.15, 0.2) is 24.3 Å². The van der Waals surface area contributed by atoms with Crippen LogP contribution in [0.4, 0.5) is 0 Å². The summed E-state index contributed by atoms with van der Waals surface area (Å²) >= 11 is 5.81. The maximum absolute atomic E-state index is 6.22. The molecule has 2 rings (SSSR count). The van der Waals surface area contributed by atoms with Crippen LogP contribution in [-0.4, -0.2) is 13.1 Å². The summed E-state index contributed by atoms with van der Waals surface area (Å²) in [6, 6.07) is 7.80. The van der Waals surface area contributed by atoms with Crippen molar-refractivity contribution in [3.8, 4) is 0 Å². The first-order chi connectivity index (χ1) is 6.21. The zero-order chi connectivity index (χ0) is 9.31. The molecule has 3 heteroatoms. The molecular formula is C10H13ClN2. The zero-order valence-corrected chi connectivity index (χ0v) is 8.14. The topological polar surface area (TPSA) is 38.0 Å². The van der Waals surface area contributed by atoms with E-state index in [1.807, 2.05) is 24.3 Å². The normalized spacial score (nSPS) is 27.8. The highest BCUT2D eigenvalue weighted by molar-refractivity contribution is 6.30. The van der Waals surface area contributed by atoms with Crippen molar-refractivity contribution in [1.82, 2.24) is 5.32 Å². The molecule has 0 aromatic heterocycles. The molecule has 3 N–H and O–H groups in total. The van der Waals surface area contributed by atoms with Crippen molar-refractivity contribution >= 4 is 11.6 Å². The van der Waals surface area contributed by atoms with Gasteiger partial charge >= 0.3 is 0 Å². The highest BCUT2D eigenvalue weighted by atomic mass is 35.5. The molecular weight excluding hydrogens is 184 g/mol. The van der Waals surface area contributed by atoms with Gasteiger partial charge in [-0.05, 0) is 30.7 Å². The lowest BCUT2D eigenvalue weighted by Gasteiger charge is -2.23. The quantitative estimate of drug-likeness (QED) is 0.714. The van der Waals surface area contributed by atoms with Gasteiger partial charge in [-0.1, -0.05) is 23.7 Å². The molecule has 1 heterocycles. The van der Waals surface area contributed by atoms with Crippen molar-refractivity contribution in [2.45, 2.75) is 12.0 Å². The predicted molar refractivity (Wildman–Crippen MR) is 54.8 cm³/mol. The molecule has 1 aliphatic heterocycles. The molecule has 1 atom stereocenters. The van der Waals surface area contributed by atoms with Crippen LogP contribution in [0.3, 0.4) is 0 Å². The van der Waals surface area contributed by atoms with E-state index in [1.165, 1.54) is 5.56 Å². The second kappa shape index (κ2) is 3.29. The van der Waals surface area contributed by atoms with Crippen molar-refractivity contribution in [2.75, 3.05) is 13.1 Å². The van der Waals surface area contributed by atoms with Gasteiger partial charge in [-0.15, -0.1) is 0 Å². The summed E-state index contributed by atoms with van der Waals surface area (Å²) in [5.41, 5.74) is 7.20. The second-order valence-corrected chi connectivity index (χ2v) is 4.03. The first-order valence-corrected chi connectivity index (χ1v) is 4.84. The monoisotopic (exact) mass is 196 g/mol. The van der Waals surface area contributed by atoms with Crippen LogP contribution < -0.4 is 11.1 Å². The average Bonchev–Trinajstić information content (AvgIpc) is 2.54. The molecule has 2 nitrogen and oxygen atoms in total. The van der Waals surface area contributed by atoms with Crippen molar-refractivity contribution in [3.63, 3.8) is 0 Å². The molecule has 0 spiro atoms. The molecule has 13 heavy (non-hydrogen) atoms. The van der Waals surface area contributed by atoms with Gasteiger partial charge in [-0.3, -0.25) is 0 Å². The molecule has 0 radical (unpaired) electrons. The number of halogens is 1. The zero-order valence-electron chi connectivity index (χ0n) is 7.39. The number of nitrogens with two attached hydrogens (primary N) is 1. The van der Waals surface area contributed by atoms with Crippen LogP contribution in [0.25, 0.3) is 0 Å². The third kappa shape index (κ3) is 1.70. The van der Waals surface area contributed by atoms with E-state index in [9.17, 15) is 0 Å². The van der Waals surface area contributed by atoms with Gasteiger partial charge < -0.3 is 11.1 Å². The Hall–Kier alpha value is -0.570. The van der Waals surface area contributed by atoms with E-state index in [-0.39, 0.29) is 5.54 Å². The minimum absolute atomic E-state index is 0.190. The summed E-state index contributed by atoms with van der Waals surface area (Å²) in [7, 11) is 0. The minimum Gasteiger partial charge on any atom is -0.320 e. The maximum atomic E-state index is 6.22. The third-order valence-corrected chi connectivity index (χ3v) is 2.86. The Morgan fingerprint density at radius 2 is 2.00 bits per heavy atom. The van der Waals surface area contributed by atoms with E-state index in [4.69, 9.17) is 17.3 Å². The Morgan fingerprint density at radius 1 is 1.31 bits per heavy atom. The molecule has 1 fully saturated rings. The Labute approximate surface area is 83.1 Å². The van der Waals surface area contributed by atoms with Crippen molar-refractivity contribution in [2.24, 2.45) is 5.73 Å². The van der Waals surface area contributed by atoms with E-state index < -0.39 is 0 Å². The van der Waals surface area contributed by atoms with Crippen LogP contribution in [0, 0.1) is 0 Å². The van der Waals surface area contributed by atoms with E-state index in [0.717, 1.165) is 24.5 Å². The van der Waals surface area contributed by atoms with Gasteiger partial charge in [-0.25, -0.2) is 0 Å². The summed E-state index contributed by atoms with van der Waals surface area (Å²) in [5.74, 6) is 0. The molecule has 1 aromatic carbocycles. The largest absolute Gasteiger partial charge is 0.320 e. The van der Waals surface area contributed by atoms with Gasteiger partial charge in [0.2, 0.25) is 0 Å². The average molecular weight is 197 g/mol. The lowest BCUT2D eigenvalue weighted by molar-refractivity contribution is 0.494. The fourth-order valence-corrected chi connectivity index (χ4v) is 1.87. The number of benzene rings is 1. The van der Waals surface area contributed by atoms with Gasteiger partial charge in [0, 0.05) is 11.6 Å². The number of hydrogen-bond donors (Lipinski definition) is 2. The number of hydrogen-bond acceptors (Lipinski definition) is 2. The molecule has 0 aliphatic carbocycles. The van der Waals surface area contributed by atoms with E-state index in [1.54, 1.807) is 0 Å². The Morgan fingerprint density at radius 3 is 2.54 bits per heavy atom. The van der Waals surface area contributed by atoms with E-state index >= 15 is 0 Å². The fraction of sp³-hybridized carbons (Fsp3) is 0.400. The summed E-state index contributed by atoms with van der Waals surface area (Å²) in [6.07, 6.45) is 0.995. The highest BCUT2D eigenvalue weighted by Crippen LogP contribution is 2.25. The molecule has 1 unspecified atom stereocenters. The maximum Gasteiger partial charge on any atom is 0.0548 e. The first kappa shape index (κ1) is 9.00. The second-order valence-electron chi connectivity index (χ2n) is 3.59. The standard InChI is InChI=1S/C10H13ClN2/c11-9-3-1-8(2-4-9)10(12)5-6-13-7-10/h1-4,13H,5-7,12H2. The molecule has 1 saturated heterocycles. The molecule has 1 aliphatic rings. The third-order valence-electron chi connectivity index (χ3n) is 2.61. The number of nitrogens with one attached hydrogen (secondary N) is 1. The van der Waals surface area contributed by atoms with Crippen molar-refractivity contribution in [3.05, 3.63) is 34.9 Å². The van der Waals surface area contributed by atoms with Crippen LogP contribution in [0.5, 0.6) is 0 Å². The van der Waals surface area contributed by atoms with Gasteiger partial charge in [0.25, 0.3) is 0 Å². The van der Waals surface area contributed by atoms with Crippen LogP contribution in [0.2, 0.25) is 5.02 Å². The molecule has 0 amide bonds. The number of rotatable bonds is 1. The SMILES string of the molecule is NC1(c2ccc(Cl)cc2)CCNC1. The Bertz CT molecular complexity index is 288. The lowest BCUT2D eigenvalue weighted by Crippen LogP contribution is -2.38. The molecule has 0 bridgehead atoms. The molecule has 70 valence electrons. The van der Waals surface area contributed by atoms with Gasteiger partial charge in [0.1, 0.15) is 0 Å². The van der Waals surface area contributed by atoms with Gasteiger partial charge in [0.15, 0.2) is 0 Å². The van der Waals surface area contributed by atoms with Gasteiger partial charge in [0.05, 0.1) is 5.54 Å². The van der Waals surface area contributed by atoms with Crippen LogP contribution >= 0.6 is 11.6 Å². The summed E-state index contributed by atoms with van der Waals surface area (Å²) in [6.45, 7) is 1.85. The highest BCUT2D eigenvalue weighted by Gasteiger charge is 2.30. The first-order valence-electron chi connectivity index (χ1n) is 4.46. The molecule has 0 saturated carbocycles. The summed E-state index contributed by atoms with van der Waals surface area (Å²) in [5, 5.41) is 4.03. The van der Waals surface area contributed by atoms with E-state index in [0.29, 0.717) is 0 Å². The van der Waals surface area contributed by atoms with Gasteiger partial charge in [-0.2, -0.15) is 0 Å². The summed E-state index contributed by atoms with van der Waals surface area (Å²) < 4.78 is 0. The minimum atomic E-state index is -0.190. The van der Waals surface area contributed by atoms with Crippen LogP contribution in [0.1, 0.15) is 12.0 Å². The van der Waals surface area contributed by atoms with E-state index in [2.05, 4.69) is 5.32 Å². The Balaban J connectivity index is 2.29. The molecule has 1 aromatic rings. The fourth-order valence-electron chi connectivity index (χ4n) is 1.74.